The number of rotatable bonds is 6. The van der Waals surface area contributed by atoms with E-state index in [0.717, 1.165) is 0 Å². The van der Waals surface area contributed by atoms with Gasteiger partial charge in [-0.1, -0.05) is 12.1 Å². The number of carbonyl (C=O) groups is 2. The Morgan fingerprint density at radius 1 is 1.17 bits per heavy atom. The number of hydrogen-bond donors (Lipinski definition) is 2. The molecule has 0 aliphatic carbocycles. The van der Waals surface area contributed by atoms with Crippen LogP contribution in [0.2, 0.25) is 0 Å². The fourth-order valence-corrected chi connectivity index (χ4v) is 1.68. The number of primary amides is 1. The van der Waals surface area contributed by atoms with Gasteiger partial charge < -0.3 is 10.5 Å². The first kappa shape index (κ1) is 16.2. The van der Waals surface area contributed by atoms with E-state index in [9.17, 15) is 14.0 Å². The summed E-state index contributed by atoms with van der Waals surface area (Å²) in [6.07, 6.45) is 1.40. The number of hydrogen-bond acceptors (Lipinski definition) is 4. The van der Waals surface area contributed by atoms with Gasteiger partial charge in [0.15, 0.2) is 6.61 Å². The summed E-state index contributed by atoms with van der Waals surface area (Å²) >= 11 is 0. The Morgan fingerprint density at radius 2 is 1.87 bits per heavy atom. The average Bonchev–Trinajstić information content (AvgIpc) is 2.54. The van der Waals surface area contributed by atoms with Gasteiger partial charge in [0.1, 0.15) is 11.6 Å². The number of nitrogens with two attached hydrogens (primary N) is 1. The summed E-state index contributed by atoms with van der Waals surface area (Å²) in [6, 6.07) is 12.2. The van der Waals surface area contributed by atoms with Crippen molar-refractivity contribution in [1.29, 1.82) is 0 Å². The number of amides is 2. The third-order valence-corrected chi connectivity index (χ3v) is 2.76. The third kappa shape index (κ3) is 4.92. The highest BCUT2D eigenvalue weighted by atomic mass is 19.1. The number of nitrogens with zero attached hydrogens (tertiary/aromatic N) is 1. The Balaban J connectivity index is 1.92. The summed E-state index contributed by atoms with van der Waals surface area (Å²) in [5, 5.41) is 3.76. The van der Waals surface area contributed by atoms with Crippen LogP contribution in [0.25, 0.3) is 0 Å². The fourth-order valence-electron chi connectivity index (χ4n) is 1.68. The second-order valence-electron chi connectivity index (χ2n) is 4.50. The van der Waals surface area contributed by atoms with E-state index in [1.165, 1.54) is 24.4 Å². The number of hydrazone groups is 1. The summed E-state index contributed by atoms with van der Waals surface area (Å²) in [7, 11) is 0. The van der Waals surface area contributed by atoms with Crippen molar-refractivity contribution in [2.45, 2.75) is 0 Å². The van der Waals surface area contributed by atoms with Crippen LogP contribution in [-0.2, 0) is 4.79 Å². The molecule has 2 aromatic rings. The van der Waals surface area contributed by atoms with Crippen molar-refractivity contribution in [1.82, 2.24) is 5.43 Å². The van der Waals surface area contributed by atoms with Crippen LogP contribution in [0, 0.1) is 5.82 Å². The average molecular weight is 315 g/mol. The SMILES string of the molecule is NC(=O)COc1ccc(/C=N\NC(=O)c2ccccc2F)cc1. The molecule has 0 saturated carbocycles. The first-order chi connectivity index (χ1) is 11.1. The van der Waals surface area contributed by atoms with Gasteiger partial charge in [-0.2, -0.15) is 5.10 Å². The smallest absolute Gasteiger partial charge is 0.274 e. The van der Waals surface area contributed by atoms with E-state index in [0.29, 0.717) is 11.3 Å². The van der Waals surface area contributed by atoms with Crippen LogP contribution in [0.15, 0.2) is 53.6 Å². The van der Waals surface area contributed by atoms with E-state index in [4.69, 9.17) is 10.5 Å². The van der Waals surface area contributed by atoms with Crippen molar-refractivity contribution in [3.63, 3.8) is 0 Å². The Morgan fingerprint density at radius 3 is 2.52 bits per heavy atom. The van der Waals surface area contributed by atoms with Gasteiger partial charge in [-0.3, -0.25) is 9.59 Å². The summed E-state index contributed by atoms with van der Waals surface area (Å²) in [6.45, 7) is -0.202. The van der Waals surface area contributed by atoms with E-state index in [2.05, 4.69) is 10.5 Å². The molecule has 0 spiro atoms. The molecular weight excluding hydrogens is 301 g/mol. The first-order valence-corrected chi connectivity index (χ1v) is 6.65. The molecule has 0 unspecified atom stereocenters. The molecule has 0 aliphatic heterocycles. The molecule has 0 aromatic heterocycles. The van der Waals surface area contributed by atoms with Crippen LogP contribution < -0.4 is 15.9 Å². The monoisotopic (exact) mass is 315 g/mol. The number of nitrogens with one attached hydrogen (secondary N) is 1. The van der Waals surface area contributed by atoms with E-state index < -0.39 is 17.6 Å². The lowest BCUT2D eigenvalue weighted by Gasteiger charge is -2.03. The lowest BCUT2D eigenvalue weighted by atomic mass is 10.2. The topological polar surface area (TPSA) is 93.8 Å². The summed E-state index contributed by atoms with van der Waals surface area (Å²) in [5.74, 6) is -1.33. The maximum absolute atomic E-state index is 13.4. The molecule has 2 amide bonds. The second kappa shape index (κ2) is 7.69. The minimum absolute atomic E-state index is 0.0835. The highest BCUT2D eigenvalue weighted by molar-refractivity contribution is 5.95. The molecule has 7 heteroatoms. The standard InChI is InChI=1S/C16H14FN3O3/c17-14-4-2-1-3-13(14)16(22)20-19-9-11-5-7-12(8-6-11)23-10-15(18)21/h1-9H,10H2,(H2,18,21)(H,20,22)/b19-9-. The van der Waals surface area contributed by atoms with Crippen LogP contribution in [-0.4, -0.2) is 24.6 Å². The highest BCUT2D eigenvalue weighted by Gasteiger charge is 2.09. The van der Waals surface area contributed by atoms with E-state index in [1.54, 1.807) is 30.3 Å². The predicted molar refractivity (Wildman–Crippen MR) is 82.6 cm³/mol. The van der Waals surface area contributed by atoms with E-state index >= 15 is 0 Å². The van der Waals surface area contributed by atoms with Crippen molar-refractivity contribution < 1.29 is 18.7 Å². The van der Waals surface area contributed by atoms with Crippen LogP contribution in [0.3, 0.4) is 0 Å². The normalized spacial score (nSPS) is 10.5. The zero-order valence-electron chi connectivity index (χ0n) is 12.0. The molecule has 0 saturated heterocycles. The molecule has 0 heterocycles. The molecule has 0 aliphatic rings. The first-order valence-electron chi connectivity index (χ1n) is 6.65. The van der Waals surface area contributed by atoms with Gasteiger partial charge in [0.2, 0.25) is 0 Å². The number of halogens is 1. The molecule has 0 fully saturated rings. The molecule has 0 radical (unpaired) electrons. The molecule has 2 rings (SSSR count). The van der Waals surface area contributed by atoms with Gasteiger partial charge in [0, 0.05) is 0 Å². The Labute approximate surface area is 131 Å². The lowest BCUT2D eigenvalue weighted by Crippen LogP contribution is -2.20. The quantitative estimate of drug-likeness (QED) is 0.624. The van der Waals surface area contributed by atoms with Gasteiger partial charge in [0.25, 0.3) is 11.8 Å². The molecule has 0 atom stereocenters. The lowest BCUT2D eigenvalue weighted by molar-refractivity contribution is -0.119. The van der Waals surface area contributed by atoms with E-state index in [-0.39, 0.29) is 12.2 Å². The Hall–Kier alpha value is -3.22. The summed E-state index contributed by atoms with van der Waals surface area (Å²) in [4.78, 5) is 22.3. The molecule has 6 nitrogen and oxygen atoms in total. The van der Waals surface area contributed by atoms with Gasteiger partial charge >= 0.3 is 0 Å². The van der Waals surface area contributed by atoms with Crippen LogP contribution in [0.1, 0.15) is 15.9 Å². The van der Waals surface area contributed by atoms with Gasteiger partial charge in [0.05, 0.1) is 11.8 Å². The maximum Gasteiger partial charge on any atom is 0.274 e. The minimum Gasteiger partial charge on any atom is -0.484 e. The third-order valence-electron chi connectivity index (χ3n) is 2.76. The predicted octanol–water partition coefficient (Wildman–Crippen LogP) is 1.45. The van der Waals surface area contributed by atoms with Gasteiger partial charge in [-0.15, -0.1) is 0 Å². The molecule has 0 bridgehead atoms. The Kier molecular flexibility index (Phi) is 5.40. The minimum atomic E-state index is -0.638. The van der Waals surface area contributed by atoms with Crippen molar-refractivity contribution in [3.05, 3.63) is 65.5 Å². The summed E-state index contributed by atoms with van der Waals surface area (Å²) < 4.78 is 18.5. The van der Waals surface area contributed by atoms with Crippen LogP contribution in [0.5, 0.6) is 5.75 Å². The van der Waals surface area contributed by atoms with Crippen molar-refractivity contribution >= 4 is 18.0 Å². The van der Waals surface area contributed by atoms with Crippen LogP contribution >= 0.6 is 0 Å². The van der Waals surface area contributed by atoms with Crippen molar-refractivity contribution in [2.24, 2.45) is 10.8 Å². The molecule has 118 valence electrons. The Bertz CT molecular complexity index is 730. The van der Waals surface area contributed by atoms with Gasteiger partial charge in [-0.25, -0.2) is 9.82 Å². The largest absolute Gasteiger partial charge is 0.484 e. The highest BCUT2D eigenvalue weighted by Crippen LogP contribution is 2.11. The number of carbonyl (C=O) groups excluding carboxylic acids is 2. The molecule has 23 heavy (non-hydrogen) atoms. The number of benzene rings is 2. The number of ether oxygens (including phenoxy) is 1. The summed E-state index contributed by atoms with van der Waals surface area (Å²) in [5.41, 5.74) is 7.81. The van der Waals surface area contributed by atoms with E-state index in [1.807, 2.05) is 0 Å². The molecular formula is C16H14FN3O3. The fraction of sp³-hybridized carbons (Fsp3) is 0.0625. The van der Waals surface area contributed by atoms with Crippen LogP contribution in [0.4, 0.5) is 4.39 Å². The zero-order chi connectivity index (χ0) is 16.7. The maximum atomic E-state index is 13.4. The molecule has 2 aromatic carbocycles. The second-order valence-corrected chi connectivity index (χ2v) is 4.50. The van der Waals surface area contributed by atoms with Gasteiger partial charge in [-0.05, 0) is 42.0 Å². The van der Waals surface area contributed by atoms with Crippen molar-refractivity contribution in [3.8, 4) is 5.75 Å². The molecule has 3 N–H and O–H groups in total. The van der Waals surface area contributed by atoms with Crippen molar-refractivity contribution in [2.75, 3.05) is 6.61 Å². The zero-order valence-corrected chi connectivity index (χ0v) is 12.0.